The first-order valence-electron chi connectivity index (χ1n) is 5.78. The highest BCUT2D eigenvalue weighted by Gasteiger charge is 2.47. The van der Waals surface area contributed by atoms with Crippen LogP contribution >= 0.6 is 0 Å². The van der Waals surface area contributed by atoms with E-state index in [1.54, 1.807) is 7.11 Å². The maximum Gasteiger partial charge on any atom is 0.124 e. The number of benzene rings is 2. The van der Waals surface area contributed by atoms with Crippen molar-refractivity contribution in [3.8, 4) is 11.8 Å². The zero-order valence-electron chi connectivity index (χ0n) is 9.73. The van der Waals surface area contributed by atoms with E-state index in [2.05, 4.69) is 18.2 Å². The Kier molecular flexibility index (Phi) is 2.09. The van der Waals surface area contributed by atoms with Gasteiger partial charge in [0.15, 0.2) is 0 Å². The molecule has 0 amide bonds. The van der Waals surface area contributed by atoms with Crippen LogP contribution in [0.3, 0.4) is 0 Å². The van der Waals surface area contributed by atoms with Crippen LogP contribution in [-0.4, -0.2) is 7.11 Å². The zero-order valence-corrected chi connectivity index (χ0v) is 9.73. The molecular formula is C15H13NO. The van der Waals surface area contributed by atoms with Gasteiger partial charge in [-0.3, -0.25) is 0 Å². The standard InChI is InChI=1S/C15H13NO/c1-17-13-7-6-11-4-2-3-5-12(11)14(13)15(10-16)8-9-15/h2-7H,8-9H2,1H3. The van der Waals surface area contributed by atoms with Gasteiger partial charge in [-0.1, -0.05) is 30.3 Å². The van der Waals surface area contributed by atoms with Gasteiger partial charge in [-0.15, -0.1) is 0 Å². The van der Waals surface area contributed by atoms with Crippen LogP contribution in [0.4, 0.5) is 0 Å². The Morgan fingerprint density at radius 3 is 2.59 bits per heavy atom. The fourth-order valence-corrected chi connectivity index (χ4v) is 2.46. The minimum absolute atomic E-state index is 0.313. The Morgan fingerprint density at radius 2 is 1.94 bits per heavy atom. The second-order valence-electron chi connectivity index (χ2n) is 4.56. The van der Waals surface area contributed by atoms with Crippen molar-refractivity contribution < 1.29 is 4.74 Å². The van der Waals surface area contributed by atoms with E-state index in [0.717, 1.165) is 29.5 Å². The molecule has 84 valence electrons. The molecule has 0 heterocycles. The average molecular weight is 223 g/mol. The average Bonchev–Trinajstić information content (AvgIpc) is 3.18. The van der Waals surface area contributed by atoms with Gasteiger partial charge in [-0.05, 0) is 29.7 Å². The van der Waals surface area contributed by atoms with Gasteiger partial charge in [0.05, 0.1) is 18.6 Å². The predicted octanol–water partition coefficient (Wildman–Crippen LogP) is 3.40. The molecule has 1 saturated carbocycles. The molecule has 2 heteroatoms. The number of rotatable bonds is 2. The van der Waals surface area contributed by atoms with Gasteiger partial charge in [0.1, 0.15) is 5.75 Å². The first-order chi connectivity index (χ1) is 8.30. The van der Waals surface area contributed by atoms with Gasteiger partial charge in [0.2, 0.25) is 0 Å². The SMILES string of the molecule is COc1ccc2ccccc2c1C1(C#N)CC1. The van der Waals surface area contributed by atoms with Crippen molar-refractivity contribution in [3.05, 3.63) is 42.0 Å². The maximum absolute atomic E-state index is 9.38. The van der Waals surface area contributed by atoms with Crippen molar-refractivity contribution in [2.24, 2.45) is 0 Å². The third kappa shape index (κ3) is 1.39. The lowest BCUT2D eigenvalue weighted by atomic mass is 9.91. The molecule has 3 rings (SSSR count). The van der Waals surface area contributed by atoms with Crippen molar-refractivity contribution in [3.63, 3.8) is 0 Å². The molecule has 1 aliphatic carbocycles. The molecule has 0 N–H and O–H groups in total. The lowest BCUT2D eigenvalue weighted by molar-refractivity contribution is 0.408. The van der Waals surface area contributed by atoms with Crippen LogP contribution in [0.2, 0.25) is 0 Å². The zero-order chi connectivity index (χ0) is 11.9. The molecular weight excluding hydrogens is 210 g/mol. The van der Waals surface area contributed by atoms with Crippen molar-refractivity contribution in [1.29, 1.82) is 5.26 Å². The molecule has 1 aliphatic rings. The highest BCUT2D eigenvalue weighted by Crippen LogP contribution is 2.53. The fraction of sp³-hybridized carbons (Fsp3) is 0.267. The third-order valence-corrected chi connectivity index (χ3v) is 3.55. The maximum atomic E-state index is 9.38. The summed E-state index contributed by atoms with van der Waals surface area (Å²) in [6.07, 6.45) is 1.88. The van der Waals surface area contributed by atoms with E-state index < -0.39 is 0 Å². The van der Waals surface area contributed by atoms with Gasteiger partial charge in [0.25, 0.3) is 0 Å². The van der Waals surface area contributed by atoms with Crippen molar-refractivity contribution >= 4 is 10.8 Å². The van der Waals surface area contributed by atoms with Crippen LogP contribution in [0.25, 0.3) is 10.8 Å². The van der Waals surface area contributed by atoms with E-state index in [4.69, 9.17) is 4.74 Å². The Morgan fingerprint density at radius 1 is 1.18 bits per heavy atom. The molecule has 0 atom stereocenters. The Balaban J connectivity index is 2.37. The molecule has 2 aromatic rings. The largest absolute Gasteiger partial charge is 0.496 e. The molecule has 2 aromatic carbocycles. The van der Waals surface area contributed by atoms with E-state index in [-0.39, 0.29) is 5.41 Å². The summed E-state index contributed by atoms with van der Waals surface area (Å²) in [4.78, 5) is 0. The van der Waals surface area contributed by atoms with Gasteiger partial charge >= 0.3 is 0 Å². The molecule has 17 heavy (non-hydrogen) atoms. The van der Waals surface area contributed by atoms with Crippen molar-refractivity contribution in [2.45, 2.75) is 18.3 Å². The lowest BCUT2D eigenvalue weighted by Crippen LogP contribution is -2.06. The van der Waals surface area contributed by atoms with Crippen LogP contribution in [0.15, 0.2) is 36.4 Å². The third-order valence-electron chi connectivity index (χ3n) is 3.55. The first kappa shape index (κ1) is 10.2. The number of methoxy groups -OCH3 is 1. The van der Waals surface area contributed by atoms with Crippen molar-refractivity contribution in [2.75, 3.05) is 7.11 Å². The molecule has 0 unspecified atom stereocenters. The lowest BCUT2D eigenvalue weighted by Gasteiger charge is -2.15. The van der Waals surface area contributed by atoms with Gasteiger partial charge in [-0.25, -0.2) is 0 Å². The number of nitriles is 1. The molecule has 0 bridgehead atoms. The number of fused-ring (bicyclic) bond motifs is 1. The van der Waals surface area contributed by atoms with E-state index in [1.165, 1.54) is 5.39 Å². The van der Waals surface area contributed by atoms with E-state index in [0.29, 0.717) is 0 Å². The topological polar surface area (TPSA) is 33.0 Å². The summed E-state index contributed by atoms with van der Waals surface area (Å²) in [6, 6.07) is 14.6. The minimum Gasteiger partial charge on any atom is -0.496 e. The molecule has 0 radical (unpaired) electrons. The van der Waals surface area contributed by atoms with E-state index >= 15 is 0 Å². The highest BCUT2D eigenvalue weighted by molar-refractivity contribution is 5.90. The normalized spacial score (nSPS) is 16.5. The van der Waals surface area contributed by atoms with Crippen LogP contribution in [0, 0.1) is 11.3 Å². The predicted molar refractivity (Wildman–Crippen MR) is 67.0 cm³/mol. The Hall–Kier alpha value is -2.01. The van der Waals surface area contributed by atoms with Gasteiger partial charge in [-0.2, -0.15) is 5.26 Å². The Bertz CT molecular complexity index is 620. The minimum atomic E-state index is -0.313. The summed E-state index contributed by atoms with van der Waals surface area (Å²) in [5, 5.41) is 11.7. The summed E-state index contributed by atoms with van der Waals surface area (Å²) in [6.45, 7) is 0. The number of ether oxygens (including phenoxy) is 1. The van der Waals surface area contributed by atoms with Crippen LogP contribution < -0.4 is 4.74 Å². The molecule has 0 aromatic heterocycles. The molecule has 0 aliphatic heterocycles. The monoisotopic (exact) mass is 223 g/mol. The smallest absolute Gasteiger partial charge is 0.124 e. The summed E-state index contributed by atoms with van der Waals surface area (Å²) in [5.41, 5.74) is 0.757. The number of nitrogens with zero attached hydrogens (tertiary/aromatic N) is 1. The quantitative estimate of drug-likeness (QED) is 0.781. The van der Waals surface area contributed by atoms with E-state index in [1.807, 2.05) is 24.3 Å². The molecule has 0 saturated heterocycles. The molecule has 1 fully saturated rings. The summed E-state index contributed by atoms with van der Waals surface area (Å²) >= 11 is 0. The van der Waals surface area contributed by atoms with Crippen LogP contribution in [0.1, 0.15) is 18.4 Å². The van der Waals surface area contributed by atoms with Gasteiger partial charge < -0.3 is 4.74 Å². The highest BCUT2D eigenvalue weighted by atomic mass is 16.5. The Labute approximate surface area is 100 Å². The summed E-state index contributed by atoms with van der Waals surface area (Å²) in [5.74, 6) is 0.836. The molecule has 0 spiro atoms. The second-order valence-corrected chi connectivity index (χ2v) is 4.56. The van der Waals surface area contributed by atoms with Crippen LogP contribution in [0.5, 0.6) is 5.75 Å². The summed E-state index contributed by atoms with van der Waals surface area (Å²) in [7, 11) is 1.67. The second kappa shape index (κ2) is 3.49. The number of hydrogen-bond acceptors (Lipinski definition) is 2. The van der Waals surface area contributed by atoms with Crippen molar-refractivity contribution in [1.82, 2.24) is 0 Å². The summed E-state index contributed by atoms with van der Waals surface area (Å²) < 4.78 is 5.43. The molecule has 2 nitrogen and oxygen atoms in total. The number of hydrogen-bond donors (Lipinski definition) is 0. The first-order valence-corrected chi connectivity index (χ1v) is 5.78. The van der Waals surface area contributed by atoms with E-state index in [9.17, 15) is 5.26 Å². The fourth-order valence-electron chi connectivity index (χ4n) is 2.46. The van der Waals surface area contributed by atoms with Gasteiger partial charge in [0, 0.05) is 5.56 Å². The van der Waals surface area contributed by atoms with Crippen LogP contribution in [-0.2, 0) is 5.41 Å².